The van der Waals surface area contributed by atoms with Gasteiger partial charge in [-0.05, 0) is 64.0 Å². The van der Waals surface area contributed by atoms with E-state index in [1.165, 1.54) is 21.5 Å². The summed E-state index contributed by atoms with van der Waals surface area (Å²) < 4.78 is 2.39. The van der Waals surface area contributed by atoms with E-state index >= 15 is 0 Å². The summed E-state index contributed by atoms with van der Waals surface area (Å²) in [5.41, 5.74) is 9.12. The molecule has 0 aliphatic rings. The van der Waals surface area contributed by atoms with E-state index in [2.05, 4.69) is 132 Å². The van der Waals surface area contributed by atoms with Crippen LogP contribution in [0.5, 0.6) is 0 Å². The number of benzene rings is 8. The van der Waals surface area contributed by atoms with Crippen molar-refractivity contribution in [2.45, 2.75) is 0 Å². The minimum Gasteiger partial charge on any atom is -0.308 e. The van der Waals surface area contributed by atoms with Gasteiger partial charge in [-0.25, -0.2) is 19.9 Å². The van der Waals surface area contributed by atoms with Crippen molar-refractivity contribution in [3.63, 3.8) is 0 Å². The lowest BCUT2D eigenvalue weighted by molar-refractivity contribution is 1.07. The molecule has 0 bridgehead atoms. The summed E-state index contributed by atoms with van der Waals surface area (Å²) in [6, 6.07) is 65.7. The molecule has 0 aliphatic carbocycles. The molecule has 5 heteroatoms. The zero-order valence-electron chi connectivity index (χ0n) is 29.6. The highest BCUT2D eigenvalue weighted by atomic mass is 15.0. The van der Waals surface area contributed by atoms with Crippen LogP contribution in [0.1, 0.15) is 0 Å². The van der Waals surface area contributed by atoms with E-state index in [0.29, 0.717) is 17.5 Å². The van der Waals surface area contributed by atoms with Gasteiger partial charge in [0.15, 0.2) is 17.5 Å². The standard InChI is InChI=1S/C50H31N5/c1-3-14-34(15-4-1)48-52-49(35-16-5-2-6-17-35)54-50(53-48)36-27-29-38(30-28-36)55-44-22-12-10-20-41(44)45-46(51-43-21-11-9-19-40(43)47(45)55)37-26-25-33-24-23-32-13-7-8-18-39(32)42(33)31-37/h1-31H. The first-order valence-corrected chi connectivity index (χ1v) is 18.5. The smallest absolute Gasteiger partial charge is 0.164 e. The Kier molecular flexibility index (Phi) is 7.10. The molecule has 11 rings (SSSR count). The second-order valence-electron chi connectivity index (χ2n) is 13.9. The Morgan fingerprint density at radius 2 is 0.855 bits per heavy atom. The summed E-state index contributed by atoms with van der Waals surface area (Å²) in [5.74, 6) is 1.91. The van der Waals surface area contributed by atoms with Gasteiger partial charge in [-0.3, -0.25) is 0 Å². The van der Waals surface area contributed by atoms with Crippen molar-refractivity contribution in [1.29, 1.82) is 0 Å². The molecule has 0 fully saturated rings. The van der Waals surface area contributed by atoms with Crippen molar-refractivity contribution < 1.29 is 0 Å². The highest BCUT2D eigenvalue weighted by molar-refractivity contribution is 6.23. The highest BCUT2D eigenvalue weighted by Gasteiger charge is 2.21. The molecule has 55 heavy (non-hydrogen) atoms. The van der Waals surface area contributed by atoms with Crippen molar-refractivity contribution in [3.05, 3.63) is 188 Å². The fraction of sp³-hybridized carbons (Fsp3) is 0. The molecule has 0 saturated heterocycles. The minimum absolute atomic E-state index is 0.627. The molecule has 3 aromatic heterocycles. The van der Waals surface area contributed by atoms with Crippen molar-refractivity contribution >= 4 is 54.3 Å². The third-order valence-corrected chi connectivity index (χ3v) is 10.6. The van der Waals surface area contributed by atoms with E-state index < -0.39 is 0 Å². The first-order valence-electron chi connectivity index (χ1n) is 18.5. The van der Waals surface area contributed by atoms with Gasteiger partial charge < -0.3 is 4.57 Å². The molecule has 0 spiro atoms. The minimum atomic E-state index is 0.627. The molecule has 0 radical (unpaired) electrons. The number of para-hydroxylation sites is 2. The number of nitrogens with zero attached hydrogens (tertiary/aromatic N) is 5. The van der Waals surface area contributed by atoms with E-state index in [0.717, 1.165) is 66.3 Å². The normalized spacial score (nSPS) is 11.6. The second-order valence-corrected chi connectivity index (χ2v) is 13.9. The molecule has 0 amide bonds. The largest absolute Gasteiger partial charge is 0.308 e. The molecule has 5 nitrogen and oxygen atoms in total. The highest BCUT2D eigenvalue weighted by Crippen LogP contribution is 2.42. The van der Waals surface area contributed by atoms with Gasteiger partial charge in [-0.15, -0.1) is 0 Å². The van der Waals surface area contributed by atoms with Gasteiger partial charge in [0.25, 0.3) is 0 Å². The Labute approximate surface area is 316 Å². The maximum atomic E-state index is 5.40. The topological polar surface area (TPSA) is 56.5 Å². The second kappa shape index (κ2) is 12.6. The fourth-order valence-corrected chi connectivity index (χ4v) is 8.01. The number of rotatable bonds is 5. The van der Waals surface area contributed by atoms with Gasteiger partial charge in [0.1, 0.15) is 0 Å². The van der Waals surface area contributed by atoms with Crippen LogP contribution in [-0.2, 0) is 0 Å². The summed E-state index contributed by atoms with van der Waals surface area (Å²) >= 11 is 0. The van der Waals surface area contributed by atoms with E-state index in [1.54, 1.807) is 0 Å². The van der Waals surface area contributed by atoms with E-state index in [-0.39, 0.29) is 0 Å². The van der Waals surface area contributed by atoms with Crippen LogP contribution in [0.2, 0.25) is 0 Å². The van der Waals surface area contributed by atoms with Gasteiger partial charge in [0, 0.05) is 44.1 Å². The first kappa shape index (κ1) is 31.1. The van der Waals surface area contributed by atoms with Gasteiger partial charge in [0.05, 0.1) is 22.2 Å². The van der Waals surface area contributed by atoms with Gasteiger partial charge >= 0.3 is 0 Å². The number of aromatic nitrogens is 5. The summed E-state index contributed by atoms with van der Waals surface area (Å²) in [4.78, 5) is 20.3. The number of pyridine rings is 1. The average molecular weight is 702 g/mol. The third kappa shape index (κ3) is 5.17. The van der Waals surface area contributed by atoms with Crippen LogP contribution in [0.15, 0.2) is 188 Å². The van der Waals surface area contributed by atoms with Crippen LogP contribution in [0, 0.1) is 0 Å². The summed E-state index contributed by atoms with van der Waals surface area (Å²) in [7, 11) is 0. The lowest BCUT2D eigenvalue weighted by Crippen LogP contribution is -2.00. The Hall–Kier alpha value is -7.50. The molecular formula is C50H31N5. The monoisotopic (exact) mass is 701 g/mol. The van der Waals surface area contributed by atoms with Crippen LogP contribution in [0.4, 0.5) is 0 Å². The summed E-state index contributed by atoms with van der Waals surface area (Å²) in [6.45, 7) is 0. The number of hydrogen-bond acceptors (Lipinski definition) is 4. The predicted molar refractivity (Wildman–Crippen MR) is 226 cm³/mol. The van der Waals surface area contributed by atoms with E-state index in [4.69, 9.17) is 19.9 Å². The first-order chi connectivity index (χ1) is 27.3. The average Bonchev–Trinajstić information content (AvgIpc) is 3.62. The Bertz CT molecular complexity index is 3180. The molecule has 256 valence electrons. The van der Waals surface area contributed by atoms with Gasteiger partial charge in [-0.1, -0.05) is 146 Å². The number of hydrogen-bond donors (Lipinski definition) is 0. The lowest BCUT2D eigenvalue weighted by Gasteiger charge is -2.13. The van der Waals surface area contributed by atoms with Crippen LogP contribution in [0.25, 0.3) is 105 Å². The SMILES string of the molecule is c1ccc(-c2nc(-c3ccccc3)nc(-c3ccc(-n4c5ccccc5c5c(-c6ccc7ccc8ccccc8c7c6)nc6ccccc6c54)cc3)n2)cc1. The molecule has 0 atom stereocenters. The fourth-order valence-electron chi connectivity index (χ4n) is 8.01. The van der Waals surface area contributed by atoms with Crippen LogP contribution in [-0.4, -0.2) is 24.5 Å². The quantitative estimate of drug-likeness (QED) is 0.168. The maximum absolute atomic E-state index is 5.40. The zero-order valence-corrected chi connectivity index (χ0v) is 29.6. The Morgan fingerprint density at radius 3 is 1.55 bits per heavy atom. The van der Waals surface area contributed by atoms with Crippen molar-refractivity contribution in [2.75, 3.05) is 0 Å². The van der Waals surface area contributed by atoms with Crippen LogP contribution in [0.3, 0.4) is 0 Å². The van der Waals surface area contributed by atoms with Crippen LogP contribution < -0.4 is 0 Å². The molecule has 0 saturated carbocycles. The number of fused-ring (bicyclic) bond motifs is 8. The zero-order chi connectivity index (χ0) is 36.3. The van der Waals surface area contributed by atoms with Crippen molar-refractivity contribution in [2.24, 2.45) is 0 Å². The summed E-state index contributed by atoms with van der Waals surface area (Å²) in [5, 5.41) is 8.31. The molecular weight excluding hydrogens is 671 g/mol. The lowest BCUT2D eigenvalue weighted by atomic mass is 9.97. The van der Waals surface area contributed by atoms with E-state index in [9.17, 15) is 0 Å². The van der Waals surface area contributed by atoms with Crippen LogP contribution >= 0.6 is 0 Å². The van der Waals surface area contributed by atoms with Crippen molar-refractivity contribution in [1.82, 2.24) is 24.5 Å². The van der Waals surface area contributed by atoms with E-state index in [1.807, 2.05) is 60.7 Å². The molecule has 0 unspecified atom stereocenters. The summed E-state index contributed by atoms with van der Waals surface area (Å²) in [6.07, 6.45) is 0. The molecule has 0 aliphatic heterocycles. The third-order valence-electron chi connectivity index (χ3n) is 10.6. The predicted octanol–water partition coefficient (Wildman–Crippen LogP) is 12.5. The maximum Gasteiger partial charge on any atom is 0.164 e. The molecule has 0 N–H and O–H groups in total. The molecule has 3 heterocycles. The van der Waals surface area contributed by atoms with Gasteiger partial charge in [0.2, 0.25) is 0 Å². The van der Waals surface area contributed by atoms with Gasteiger partial charge in [-0.2, -0.15) is 0 Å². The Morgan fingerprint density at radius 1 is 0.345 bits per heavy atom. The van der Waals surface area contributed by atoms with Crippen molar-refractivity contribution in [3.8, 4) is 51.1 Å². The molecule has 8 aromatic carbocycles. The Balaban J connectivity index is 1.12. The molecule has 11 aromatic rings.